The molecule has 16 heavy (non-hydrogen) atoms. The van der Waals surface area contributed by atoms with Gasteiger partial charge in [0.25, 0.3) is 0 Å². The summed E-state index contributed by atoms with van der Waals surface area (Å²) in [5, 5.41) is 0. The highest BCUT2D eigenvalue weighted by Gasteiger charge is 2.10. The van der Waals surface area contributed by atoms with Crippen LogP contribution in [0.25, 0.3) is 0 Å². The predicted octanol–water partition coefficient (Wildman–Crippen LogP) is 2.08. The lowest BCUT2D eigenvalue weighted by molar-refractivity contribution is -0.143. The Morgan fingerprint density at radius 1 is 1.50 bits per heavy atom. The summed E-state index contributed by atoms with van der Waals surface area (Å²) >= 11 is 0. The van der Waals surface area contributed by atoms with E-state index in [1.54, 1.807) is 7.11 Å². The lowest BCUT2D eigenvalue weighted by Crippen LogP contribution is -2.12. The second kappa shape index (κ2) is 7.06. The number of rotatable bonds is 7. The van der Waals surface area contributed by atoms with Gasteiger partial charge < -0.3 is 4.74 Å². The summed E-state index contributed by atoms with van der Waals surface area (Å²) < 4.78 is 4.87. The summed E-state index contributed by atoms with van der Waals surface area (Å²) in [7, 11) is 1.59. The van der Waals surface area contributed by atoms with Crippen LogP contribution in [0.15, 0.2) is 23.4 Å². The van der Waals surface area contributed by atoms with E-state index in [1.807, 2.05) is 6.92 Å². The fourth-order valence-corrected chi connectivity index (χ4v) is 1.67. The Morgan fingerprint density at radius 2 is 2.31 bits per heavy atom. The largest absolute Gasteiger partial charge is 0.466 e. The summed E-state index contributed by atoms with van der Waals surface area (Å²) in [5.41, 5.74) is 5.07. The van der Waals surface area contributed by atoms with Crippen molar-refractivity contribution in [3.05, 3.63) is 23.4 Å². The zero-order valence-corrected chi connectivity index (χ0v) is 9.91. The van der Waals surface area contributed by atoms with Gasteiger partial charge in [0, 0.05) is 6.42 Å². The number of hydroxylamine groups is 1. The third-order valence-corrected chi connectivity index (χ3v) is 2.38. The van der Waals surface area contributed by atoms with Gasteiger partial charge in [0.15, 0.2) is 0 Å². The SMILES string of the molecule is CCOC(=O)CCCC1=CCC=C1NOC. The fraction of sp³-hybridized carbons (Fsp3) is 0.583. The predicted molar refractivity (Wildman–Crippen MR) is 61.4 cm³/mol. The Morgan fingerprint density at radius 3 is 3.00 bits per heavy atom. The van der Waals surface area contributed by atoms with Gasteiger partial charge in [-0.25, -0.2) is 0 Å². The molecule has 4 nitrogen and oxygen atoms in total. The second-order valence-electron chi connectivity index (χ2n) is 3.55. The van der Waals surface area contributed by atoms with Gasteiger partial charge in [-0.15, -0.1) is 0 Å². The second-order valence-corrected chi connectivity index (χ2v) is 3.55. The Kier molecular flexibility index (Phi) is 5.64. The molecule has 0 bridgehead atoms. The Bertz CT molecular complexity index is 295. The Hall–Kier alpha value is -1.29. The molecule has 1 rings (SSSR count). The van der Waals surface area contributed by atoms with Gasteiger partial charge in [0.1, 0.15) is 0 Å². The van der Waals surface area contributed by atoms with Crippen molar-refractivity contribution in [2.45, 2.75) is 32.6 Å². The van der Waals surface area contributed by atoms with Gasteiger partial charge >= 0.3 is 5.97 Å². The minimum absolute atomic E-state index is 0.119. The van der Waals surface area contributed by atoms with Crippen LogP contribution in [0.4, 0.5) is 0 Å². The molecule has 90 valence electrons. The monoisotopic (exact) mass is 225 g/mol. The first-order valence-corrected chi connectivity index (χ1v) is 5.62. The van der Waals surface area contributed by atoms with Crippen LogP contribution < -0.4 is 5.48 Å². The van der Waals surface area contributed by atoms with E-state index in [0.29, 0.717) is 13.0 Å². The molecule has 0 saturated heterocycles. The molecule has 0 amide bonds. The lowest BCUT2D eigenvalue weighted by Gasteiger charge is -2.09. The van der Waals surface area contributed by atoms with E-state index in [1.165, 1.54) is 5.57 Å². The topological polar surface area (TPSA) is 47.6 Å². The van der Waals surface area contributed by atoms with E-state index < -0.39 is 0 Å². The first-order chi connectivity index (χ1) is 7.77. The number of hydrogen-bond donors (Lipinski definition) is 1. The molecular weight excluding hydrogens is 206 g/mol. The van der Waals surface area contributed by atoms with Crippen molar-refractivity contribution in [2.24, 2.45) is 0 Å². The molecule has 0 aromatic rings. The molecule has 0 aromatic carbocycles. The van der Waals surface area contributed by atoms with Gasteiger partial charge in [0.2, 0.25) is 0 Å². The molecule has 0 heterocycles. The average molecular weight is 225 g/mol. The molecule has 0 spiro atoms. The number of carbonyl (C=O) groups is 1. The van der Waals surface area contributed by atoms with E-state index in [0.717, 1.165) is 25.0 Å². The number of esters is 1. The first kappa shape index (κ1) is 12.8. The van der Waals surface area contributed by atoms with Crippen molar-refractivity contribution >= 4 is 5.97 Å². The van der Waals surface area contributed by atoms with Crippen molar-refractivity contribution in [1.82, 2.24) is 5.48 Å². The third kappa shape index (κ3) is 4.06. The number of allylic oxidation sites excluding steroid dienone is 3. The quantitative estimate of drug-likeness (QED) is 0.532. The summed E-state index contributed by atoms with van der Waals surface area (Å²) in [6.07, 6.45) is 7.32. The summed E-state index contributed by atoms with van der Waals surface area (Å²) in [6.45, 7) is 2.28. The highest BCUT2D eigenvalue weighted by atomic mass is 16.6. The molecule has 1 aliphatic rings. The van der Waals surface area contributed by atoms with Gasteiger partial charge in [-0.05, 0) is 31.8 Å². The molecule has 0 unspecified atom stereocenters. The molecule has 0 aromatic heterocycles. The number of nitrogens with one attached hydrogen (secondary N) is 1. The molecule has 4 heteroatoms. The van der Waals surface area contributed by atoms with Crippen molar-refractivity contribution < 1.29 is 14.4 Å². The zero-order valence-electron chi connectivity index (χ0n) is 9.91. The summed E-state index contributed by atoms with van der Waals surface area (Å²) in [6, 6.07) is 0. The van der Waals surface area contributed by atoms with Crippen LogP contribution in [0, 0.1) is 0 Å². The summed E-state index contributed by atoms with van der Waals surface area (Å²) in [4.78, 5) is 16.0. The van der Waals surface area contributed by atoms with E-state index in [4.69, 9.17) is 9.57 Å². The van der Waals surface area contributed by atoms with Crippen molar-refractivity contribution in [3.8, 4) is 0 Å². The Balaban J connectivity index is 2.23. The van der Waals surface area contributed by atoms with Crippen LogP contribution in [-0.2, 0) is 14.4 Å². The van der Waals surface area contributed by atoms with E-state index in [9.17, 15) is 4.79 Å². The number of ether oxygens (including phenoxy) is 1. The van der Waals surface area contributed by atoms with Crippen LogP contribution in [0.5, 0.6) is 0 Å². The van der Waals surface area contributed by atoms with Crippen LogP contribution >= 0.6 is 0 Å². The highest BCUT2D eigenvalue weighted by Crippen LogP contribution is 2.22. The van der Waals surface area contributed by atoms with Gasteiger partial charge in [-0.3, -0.25) is 15.1 Å². The van der Waals surface area contributed by atoms with E-state index in [2.05, 4.69) is 17.6 Å². The standard InChI is InChI=1S/C12H19NO3/c1-3-16-12(14)9-5-7-10-6-4-8-11(10)13-15-2/h6,8,13H,3-5,7,9H2,1-2H3. The van der Waals surface area contributed by atoms with Crippen molar-refractivity contribution in [1.29, 1.82) is 0 Å². The third-order valence-electron chi connectivity index (χ3n) is 2.38. The molecule has 0 atom stereocenters. The molecule has 1 N–H and O–H groups in total. The molecule has 1 aliphatic carbocycles. The molecule has 0 fully saturated rings. The van der Waals surface area contributed by atoms with E-state index in [-0.39, 0.29) is 5.97 Å². The smallest absolute Gasteiger partial charge is 0.305 e. The summed E-state index contributed by atoms with van der Waals surface area (Å²) in [5.74, 6) is -0.119. The zero-order chi connectivity index (χ0) is 11.8. The maximum atomic E-state index is 11.1. The minimum atomic E-state index is -0.119. The Labute approximate surface area is 96.3 Å². The molecule has 0 radical (unpaired) electrons. The normalized spacial score (nSPS) is 14.4. The first-order valence-electron chi connectivity index (χ1n) is 5.62. The molecule has 0 aliphatic heterocycles. The average Bonchev–Trinajstić information content (AvgIpc) is 2.67. The van der Waals surface area contributed by atoms with Crippen LogP contribution in [-0.4, -0.2) is 19.7 Å². The maximum absolute atomic E-state index is 11.1. The van der Waals surface area contributed by atoms with Gasteiger partial charge in [-0.2, -0.15) is 0 Å². The highest BCUT2D eigenvalue weighted by molar-refractivity contribution is 5.69. The number of hydrogen-bond acceptors (Lipinski definition) is 4. The van der Waals surface area contributed by atoms with Crippen molar-refractivity contribution in [3.63, 3.8) is 0 Å². The molecule has 0 saturated carbocycles. The van der Waals surface area contributed by atoms with Crippen LogP contribution in [0.1, 0.15) is 32.6 Å². The maximum Gasteiger partial charge on any atom is 0.305 e. The van der Waals surface area contributed by atoms with E-state index >= 15 is 0 Å². The lowest BCUT2D eigenvalue weighted by atomic mass is 10.1. The fourth-order valence-electron chi connectivity index (χ4n) is 1.67. The minimum Gasteiger partial charge on any atom is -0.466 e. The molecular formula is C12H19NO3. The van der Waals surface area contributed by atoms with Crippen molar-refractivity contribution in [2.75, 3.05) is 13.7 Å². The number of carbonyl (C=O) groups excluding carboxylic acids is 1. The van der Waals surface area contributed by atoms with Gasteiger partial charge in [-0.1, -0.05) is 12.2 Å². The van der Waals surface area contributed by atoms with Gasteiger partial charge in [0.05, 0.1) is 19.4 Å². The van der Waals surface area contributed by atoms with Crippen LogP contribution in [0.3, 0.4) is 0 Å². The van der Waals surface area contributed by atoms with Crippen LogP contribution in [0.2, 0.25) is 0 Å².